The van der Waals surface area contributed by atoms with E-state index in [1.165, 1.54) is 0 Å². The van der Waals surface area contributed by atoms with Crippen LogP contribution in [0.5, 0.6) is 5.75 Å². The molecule has 0 aliphatic carbocycles. The molecule has 1 amide bonds. The number of thiocyanates is 1. The molecule has 0 fully saturated rings. The molecule has 26 heavy (non-hydrogen) atoms. The lowest BCUT2D eigenvalue weighted by Crippen LogP contribution is -2.24. The number of ether oxygens (including phenoxy) is 2. The molecule has 2 aromatic rings. The Kier molecular flexibility index (Phi) is 7.06. The van der Waals surface area contributed by atoms with Gasteiger partial charge in [-0.05, 0) is 61.0 Å². The number of nitrogens with zero attached hydrogens (tertiary/aromatic N) is 1. The number of benzene rings is 2. The number of carbonyl (C=O) groups excluding carboxylic acids is 2. The summed E-state index contributed by atoms with van der Waals surface area (Å²) in [5.41, 5.74) is 2.30. The number of hydrogen-bond donors (Lipinski definition) is 1. The Morgan fingerprint density at radius 1 is 1.12 bits per heavy atom. The van der Waals surface area contributed by atoms with Gasteiger partial charge >= 0.3 is 5.97 Å². The van der Waals surface area contributed by atoms with E-state index in [1.807, 2.05) is 37.4 Å². The molecule has 0 saturated heterocycles. The van der Waals surface area contributed by atoms with Gasteiger partial charge in [-0.3, -0.25) is 4.79 Å². The van der Waals surface area contributed by atoms with E-state index in [4.69, 9.17) is 14.7 Å². The number of nitrogens with one attached hydrogen (secondary N) is 1. The molecule has 0 aliphatic heterocycles. The first-order valence-corrected chi connectivity index (χ1v) is 8.61. The molecule has 1 N–H and O–H groups in total. The number of hydrogen-bond acceptors (Lipinski definition) is 6. The van der Waals surface area contributed by atoms with E-state index in [2.05, 4.69) is 5.32 Å². The normalized spacial score (nSPS) is 9.88. The predicted molar refractivity (Wildman–Crippen MR) is 98.9 cm³/mol. The molecule has 0 unspecified atom stereocenters. The molecule has 134 valence electrons. The van der Waals surface area contributed by atoms with Gasteiger partial charge in [0.1, 0.15) is 11.2 Å². The van der Waals surface area contributed by atoms with E-state index in [1.54, 1.807) is 24.3 Å². The Morgan fingerprint density at radius 2 is 1.77 bits per heavy atom. The van der Waals surface area contributed by atoms with Gasteiger partial charge in [-0.2, -0.15) is 5.26 Å². The summed E-state index contributed by atoms with van der Waals surface area (Å²) in [5.74, 6) is -0.515. The zero-order valence-corrected chi connectivity index (χ0v) is 15.3. The number of amides is 1. The highest BCUT2D eigenvalue weighted by atomic mass is 32.2. The third-order valence-electron chi connectivity index (χ3n) is 3.40. The van der Waals surface area contributed by atoms with Crippen LogP contribution < -0.4 is 10.1 Å². The number of aryl methyl sites for hydroxylation is 2. The fraction of sp³-hybridized carbons (Fsp3) is 0.211. The molecule has 0 spiro atoms. The summed E-state index contributed by atoms with van der Waals surface area (Å²) >= 11 is 1.06. The maximum absolute atomic E-state index is 12.0. The van der Waals surface area contributed by atoms with Gasteiger partial charge in [-0.1, -0.05) is 18.2 Å². The second-order valence-electron chi connectivity index (χ2n) is 5.44. The molecule has 0 aliphatic rings. The smallest absolute Gasteiger partial charge is 0.344 e. The van der Waals surface area contributed by atoms with Crippen LogP contribution in [0, 0.1) is 24.5 Å². The van der Waals surface area contributed by atoms with E-state index in [-0.39, 0.29) is 6.61 Å². The SMILES string of the molecule is Cc1cc(SC#N)cc(C)c1NC(=O)COC(=O)COc1ccccc1. The van der Waals surface area contributed by atoms with Gasteiger partial charge < -0.3 is 14.8 Å². The average molecular weight is 370 g/mol. The lowest BCUT2D eigenvalue weighted by molar-refractivity contribution is -0.149. The van der Waals surface area contributed by atoms with Gasteiger partial charge in [0.15, 0.2) is 13.2 Å². The van der Waals surface area contributed by atoms with Crippen molar-refractivity contribution in [3.8, 4) is 11.2 Å². The molecule has 0 saturated carbocycles. The zero-order valence-electron chi connectivity index (χ0n) is 14.4. The third-order valence-corrected chi connectivity index (χ3v) is 3.96. The van der Waals surface area contributed by atoms with Crippen molar-refractivity contribution >= 4 is 29.3 Å². The van der Waals surface area contributed by atoms with E-state index >= 15 is 0 Å². The summed E-state index contributed by atoms with van der Waals surface area (Å²) in [5, 5.41) is 13.5. The molecule has 6 nitrogen and oxygen atoms in total. The molecule has 0 atom stereocenters. The van der Waals surface area contributed by atoms with Crippen LogP contribution >= 0.6 is 11.8 Å². The number of rotatable bonds is 7. The molecular weight excluding hydrogens is 352 g/mol. The van der Waals surface area contributed by atoms with Crippen LogP contribution in [-0.2, 0) is 14.3 Å². The van der Waals surface area contributed by atoms with E-state index < -0.39 is 18.5 Å². The minimum atomic E-state index is -0.627. The van der Waals surface area contributed by atoms with E-state index in [0.717, 1.165) is 27.8 Å². The zero-order chi connectivity index (χ0) is 18.9. The largest absolute Gasteiger partial charge is 0.482 e. The van der Waals surface area contributed by atoms with E-state index in [0.29, 0.717) is 11.4 Å². The molecular formula is C19H18N2O4S. The van der Waals surface area contributed by atoms with Crippen LogP contribution in [0.2, 0.25) is 0 Å². The van der Waals surface area contributed by atoms with Crippen LogP contribution in [0.25, 0.3) is 0 Å². The van der Waals surface area contributed by atoms with Gasteiger partial charge in [0.25, 0.3) is 5.91 Å². The molecule has 0 aromatic heterocycles. The first-order valence-electron chi connectivity index (χ1n) is 7.80. The maximum atomic E-state index is 12.0. The van der Waals surface area contributed by atoms with Crippen LogP contribution in [0.3, 0.4) is 0 Å². The Morgan fingerprint density at radius 3 is 2.38 bits per heavy atom. The first kappa shape index (κ1) is 19.3. The quantitative estimate of drug-likeness (QED) is 0.456. The lowest BCUT2D eigenvalue weighted by atomic mass is 10.1. The standard InChI is InChI=1S/C19H18N2O4S/c1-13-8-16(26-12-20)9-14(2)19(13)21-17(22)10-25-18(23)11-24-15-6-4-3-5-7-15/h3-9H,10-11H2,1-2H3,(H,21,22). The fourth-order valence-electron chi connectivity index (χ4n) is 2.25. The predicted octanol–water partition coefficient (Wildman–Crippen LogP) is 3.44. The topological polar surface area (TPSA) is 88.4 Å². The van der Waals surface area contributed by atoms with Crippen molar-refractivity contribution in [3.05, 3.63) is 53.6 Å². The maximum Gasteiger partial charge on any atom is 0.344 e. The minimum Gasteiger partial charge on any atom is -0.482 e. The van der Waals surface area contributed by atoms with Crippen molar-refractivity contribution in [3.63, 3.8) is 0 Å². The van der Waals surface area contributed by atoms with Crippen molar-refractivity contribution in [1.82, 2.24) is 0 Å². The highest BCUT2D eigenvalue weighted by Crippen LogP contribution is 2.27. The van der Waals surface area contributed by atoms with E-state index in [9.17, 15) is 9.59 Å². The highest BCUT2D eigenvalue weighted by Gasteiger charge is 2.12. The lowest BCUT2D eigenvalue weighted by Gasteiger charge is -2.13. The Hall–Kier alpha value is -2.98. The Balaban J connectivity index is 1.83. The van der Waals surface area contributed by atoms with Crippen molar-refractivity contribution in [2.24, 2.45) is 0 Å². The molecule has 2 aromatic carbocycles. The number of thioether (sulfide) groups is 1. The van der Waals surface area contributed by atoms with Gasteiger partial charge in [0.05, 0.1) is 0 Å². The summed E-state index contributed by atoms with van der Waals surface area (Å²) in [6.45, 7) is 3.01. The van der Waals surface area contributed by atoms with Crippen molar-refractivity contribution < 1.29 is 19.1 Å². The third kappa shape index (κ3) is 5.83. The minimum absolute atomic E-state index is 0.268. The summed E-state index contributed by atoms with van der Waals surface area (Å²) < 4.78 is 10.2. The summed E-state index contributed by atoms with van der Waals surface area (Å²) in [4.78, 5) is 24.5. The van der Waals surface area contributed by atoms with Crippen LogP contribution in [-0.4, -0.2) is 25.1 Å². The Bertz CT molecular complexity index is 808. The Labute approximate surface area is 156 Å². The van der Waals surface area contributed by atoms with Gasteiger partial charge in [0, 0.05) is 10.6 Å². The number of nitriles is 1. The van der Waals surface area contributed by atoms with Crippen molar-refractivity contribution in [1.29, 1.82) is 5.26 Å². The van der Waals surface area contributed by atoms with Crippen molar-refractivity contribution in [2.45, 2.75) is 18.7 Å². The number of carbonyl (C=O) groups is 2. The van der Waals surface area contributed by atoms with Crippen LogP contribution in [0.4, 0.5) is 5.69 Å². The summed E-state index contributed by atoms with van der Waals surface area (Å²) in [7, 11) is 0. The van der Waals surface area contributed by atoms with Crippen molar-refractivity contribution in [2.75, 3.05) is 18.5 Å². The summed E-state index contributed by atoms with van der Waals surface area (Å²) in [6, 6.07) is 12.5. The van der Waals surface area contributed by atoms with Crippen LogP contribution in [0.1, 0.15) is 11.1 Å². The molecule has 0 radical (unpaired) electrons. The van der Waals surface area contributed by atoms with Crippen LogP contribution in [0.15, 0.2) is 47.4 Å². The number of para-hydroxylation sites is 1. The van der Waals surface area contributed by atoms with Gasteiger partial charge in [-0.15, -0.1) is 0 Å². The number of esters is 1. The second-order valence-corrected chi connectivity index (χ2v) is 6.29. The van der Waals surface area contributed by atoms with Gasteiger partial charge in [0.2, 0.25) is 0 Å². The average Bonchev–Trinajstić information content (AvgIpc) is 2.62. The first-order chi connectivity index (χ1) is 12.5. The molecule has 0 heterocycles. The second kappa shape index (κ2) is 9.49. The highest BCUT2D eigenvalue weighted by molar-refractivity contribution is 8.03. The van der Waals surface area contributed by atoms with Gasteiger partial charge in [-0.25, -0.2) is 4.79 Å². The molecule has 0 bridgehead atoms. The monoisotopic (exact) mass is 370 g/mol. The number of anilines is 1. The summed E-state index contributed by atoms with van der Waals surface area (Å²) in [6.07, 6.45) is 0. The fourth-order valence-corrected chi connectivity index (χ4v) is 2.83. The molecule has 7 heteroatoms. The molecule has 2 rings (SSSR count).